The molecule has 3 rings (SSSR count). The lowest BCUT2D eigenvalue weighted by Crippen LogP contribution is -2.67. The van der Waals surface area contributed by atoms with Crippen molar-refractivity contribution in [1.29, 1.82) is 0 Å². The van der Waals surface area contributed by atoms with Crippen LogP contribution in [0.3, 0.4) is 0 Å². The van der Waals surface area contributed by atoms with Crippen LogP contribution >= 0.6 is 0 Å². The Bertz CT molecular complexity index is 963. The molecule has 4 atom stereocenters. The van der Waals surface area contributed by atoms with E-state index in [2.05, 4.69) is 88.5 Å². The van der Waals surface area contributed by atoms with Crippen LogP contribution in [0.25, 0.3) is 0 Å². The summed E-state index contributed by atoms with van der Waals surface area (Å²) in [5, 5.41) is 15.3. The Labute approximate surface area is 217 Å². The Morgan fingerprint density at radius 3 is 1.94 bits per heavy atom. The molecule has 6 heteroatoms. The van der Waals surface area contributed by atoms with Crippen molar-refractivity contribution < 1.29 is 19.1 Å². The first-order valence-electron chi connectivity index (χ1n) is 13.2. The van der Waals surface area contributed by atoms with E-state index >= 15 is 0 Å². The molecule has 1 aliphatic carbocycles. The van der Waals surface area contributed by atoms with E-state index < -0.39 is 20.2 Å². The van der Waals surface area contributed by atoms with Gasteiger partial charge in [0.05, 0.1) is 5.92 Å². The van der Waals surface area contributed by atoms with Crippen molar-refractivity contribution in [2.75, 3.05) is 6.61 Å². The molecule has 2 N–H and O–H groups in total. The number of rotatable bonds is 10. The lowest BCUT2D eigenvalue weighted by molar-refractivity contribution is -0.141. The zero-order chi connectivity index (χ0) is 26.5. The van der Waals surface area contributed by atoms with Crippen LogP contribution in [0.5, 0.6) is 0 Å². The predicted molar refractivity (Wildman–Crippen MR) is 148 cm³/mol. The van der Waals surface area contributed by atoms with Crippen LogP contribution in [0.2, 0.25) is 5.04 Å². The van der Waals surface area contributed by atoms with Crippen LogP contribution in [-0.2, 0) is 14.0 Å². The minimum atomic E-state index is -2.73. The third-order valence-corrected chi connectivity index (χ3v) is 12.7. The average molecular weight is 510 g/mol. The second-order valence-electron chi connectivity index (χ2n) is 11.8. The van der Waals surface area contributed by atoms with Crippen LogP contribution in [0.1, 0.15) is 60.8 Å². The first-order valence-corrected chi connectivity index (χ1v) is 15.1. The zero-order valence-electron chi connectivity index (χ0n) is 22.7. The minimum Gasteiger partial charge on any atom is -0.481 e. The first kappa shape index (κ1) is 28.1. The van der Waals surface area contributed by atoms with Crippen molar-refractivity contribution in [1.82, 2.24) is 5.32 Å². The van der Waals surface area contributed by atoms with Gasteiger partial charge in [-0.15, -0.1) is 0 Å². The fraction of sp³-hybridized carbons (Fsp3) is 0.533. The summed E-state index contributed by atoms with van der Waals surface area (Å²) in [6, 6.07) is 21.0. The highest BCUT2D eigenvalue weighted by Gasteiger charge is 2.51. The molecule has 0 bridgehead atoms. The monoisotopic (exact) mass is 509 g/mol. The smallest absolute Gasteiger partial charge is 0.306 e. The molecule has 0 saturated heterocycles. The largest absolute Gasteiger partial charge is 0.481 e. The molecule has 0 aliphatic heterocycles. The maximum Gasteiger partial charge on any atom is 0.306 e. The SMILES string of the molecule is CC(=O)N[C@@H](CC(C)C)C1CC(C(=O)O)CC1CO[Si](c1ccccc1)(c1ccccc1)C(C)(C)C. The fourth-order valence-electron chi connectivity index (χ4n) is 6.15. The molecule has 1 saturated carbocycles. The lowest BCUT2D eigenvalue weighted by Gasteiger charge is -2.44. The number of carbonyl (C=O) groups is 2. The van der Waals surface area contributed by atoms with E-state index in [0.717, 1.165) is 6.42 Å². The molecule has 0 aromatic heterocycles. The molecular formula is C30H43NO4Si. The third kappa shape index (κ3) is 6.27. The summed E-state index contributed by atoms with van der Waals surface area (Å²) >= 11 is 0. The fourth-order valence-corrected chi connectivity index (χ4v) is 10.8. The van der Waals surface area contributed by atoms with Crippen molar-refractivity contribution in [2.24, 2.45) is 23.7 Å². The Balaban J connectivity index is 2.02. The first-order chi connectivity index (χ1) is 17.0. The Kier molecular flexibility index (Phi) is 9.17. The van der Waals surface area contributed by atoms with Crippen molar-refractivity contribution in [2.45, 2.75) is 71.9 Å². The number of carbonyl (C=O) groups excluding carboxylic acids is 1. The molecule has 0 spiro atoms. The summed E-state index contributed by atoms with van der Waals surface area (Å²) in [6.07, 6.45) is 1.97. The van der Waals surface area contributed by atoms with Crippen LogP contribution in [0.4, 0.5) is 0 Å². The summed E-state index contributed by atoms with van der Waals surface area (Å²) in [5.74, 6) is -0.709. The van der Waals surface area contributed by atoms with Gasteiger partial charge >= 0.3 is 5.97 Å². The molecule has 0 heterocycles. The molecular weight excluding hydrogens is 466 g/mol. The predicted octanol–water partition coefficient (Wildman–Crippen LogP) is 4.84. The summed E-state index contributed by atoms with van der Waals surface area (Å²) in [5.41, 5.74) is 0. The number of aliphatic carboxylic acids is 1. The van der Waals surface area contributed by atoms with Crippen LogP contribution in [-0.4, -0.2) is 37.9 Å². The summed E-state index contributed by atoms with van der Waals surface area (Å²) < 4.78 is 7.20. The van der Waals surface area contributed by atoms with Gasteiger partial charge in [0.1, 0.15) is 0 Å². The Morgan fingerprint density at radius 2 is 1.53 bits per heavy atom. The van der Waals surface area contributed by atoms with E-state index in [1.165, 1.54) is 10.4 Å². The number of benzene rings is 2. The van der Waals surface area contributed by atoms with E-state index in [4.69, 9.17) is 4.43 Å². The van der Waals surface area contributed by atoms with Crippen molar-refractivity contribution in [3.05, 3.63) is 60.7 Å². The summed E-state index contributed by atoms with van der Waals surface area (Å²) in [6.45, 7) is 13.1. The highest BCUT2D eigenvalue weighted by molar-refractivity contribution is 6.99. The van der Waals surface area contributed by atoms with Crippen LogP contribution in [0.15, 0.2) is 60.7 Å². The topological polar surface area (TPSA) is 75.6 Å². The molecule has 36 heavy (non-hydrogen) atoms. The second kappa shape index (κ2) is 11.7. The van der Waals surface area contributed by atoms with Gasteiger partial charge in [0.2, 0.25) is 5.91 Å². The van der Waals surface area contributed by atoms with E-state index in [1.807, 2.05) is 12.1 Å². The van der Waals surface area contributed by atoms with Crippen LogP contribution in [0, 0.1) is 23.7 Å². The molecule has 1 fully saturated rings. The van der Waals surface area contributed by atoms with Gasteiger partial charge in [0, 0.05) is 19.6 Å². The number of carboxylic acids is 1. The quantitative estimate of drug-likeness (QED) is 0.450. The minimum absolute atomic E-state index is 0.0559. The number of carboxylic acid groups (broad SMARTS) is 1. The summed E-state index contributed by atoms with van der Waals surface area (Å²) in [7, 11) is -2.73. The molecule has 1 aliphatic rings. The van der Waals surface area contributed by atoms with E-state index in [1.54, 1.807) is 6.92 Å². The van der Waals surface area contributed by atoms with Gasteiger partial charge in [0.25, 0.3) is 8.32 Å². The van der Waals surface area contributed by atoms with E-state index in [-0.39, 0.29) is 28.8 Å². The van der Waals surface area contributed by atoms with Crippen molar-refractivity contribution in [3.8, 4) is 0 Å². The van der Waals surface area contributed by atoms with Crippen LogP contribution < -0.4 is 15.7 Å². The van der Waals surface area contributed by atoms with Crippen molar-refractivity contribution in [3.63, 3.8) is 0 Å². The molecule has 2 aromatic rings. The third-order valence-electron chi connectivity index (χ3n) is 7.66. The molecule has 3 unspecified atom stereocenters. The van der Waals surface area contributed by atoms with Crippen molar-refractivity contribution >= 4 is 30.6 Å². The molecule has 196 valence electrons. The number of amides is 1. The molecule has 1 amide bonds. The summed E-state index contributed by atoms with van der Waals surface area (Å²) in [4.78, 5) is 24.1. The van der Waals surface area contributed by atoms with Gasteiger partial charge in [0.15, 0.2) is 0 Å². The van der Waals surface area contributed by atoms with Gasteiger partial charge in [-0.25, -0.2) is 0 Å². The van der Waals surface area contributed by atoms with Gasteiger partial charge in [-0.3, -0.25) is 9.59 Å². The van der Waals surface area contributed by atoms with Gasteiger partial charge in [-0.05, 0) is 52.4 Å². The van der Waals surface area contributed by atoms with E-state index in [0.29, 0.717) is 25.4 Å². The highest BCUT2D eigenvalue weighted by atomic mass is 28.4. The van der Waals surface area contributed by atoms with Gasteiger partial charge in [-0.2, -0.15) is 0 Å². The number of nitrogens with one attached hydrogen (secondary N) is 1. The van der Waals surface area contributed by atoms with E-state index in [9.17, 15) is 14.7 Å². The lowest BCUT2D eigenvalue weighted by atomic mass is 9.84. The zero-order valence-corrected chi connectivity index (χ0v) is 23.7. The molecule has 5 nitrogen and oxygen atoms in total. The Morgan fingerprint density at radius 1 is 1.00 bits per heavy atom. The number of hydrogen-bond donors (Lipinski definition) is 2. The molecule has 2 aromatic carbocycles. The average Bonchev–Trinajstić information content (AvgIpc) is 3.24. The highest BCUT2D eigenvalue weighted by Crippen LogP contribution is 2.43. The van der Waals surface area contributed by atoms with Gasteiger partial charge in [-0.1, -0.05) is 95.3 Å². The Hall–Kier alpha value is -2.44. The maximum absolute atomic E-state index is 12.1. The maximum atomic E-state index is 12.1. The standard InChI is InChI=1S/C30H43NO4Si/c1-21(2)17-28(31-22(3)32)27-19-23(29(33)34)18-24(27)20-35-36(30(4,5)6,25-13-9-7-10-14-25)26-15-11-8-12-16-26/h7-16,21,23-24,27-28H,17-20H2,1-6H3,(H,31,32)(H,33,34)/t23?,24?,27?,28-/m0/s1. The molecule has 0 radical (unpaired) electrons. The second-order valence-corrected chi connectivity index (χ2v) is 16.1. The van der Waals surface area contributed by atoms with Gasteiger partial charge < -0.3 is 14.8 Å². The number of hydrogen-bond acceptors (Lipinski definition) is 3. The normalized spacial score (nSPS) is 21.4.